The fourth-order valence-electron chi connectivity index (χ4n) is 1.81. The van der Waals surface area contributed by atoms with Crippen LogP contribution < -0.4 is 11.2 Å². The van der Waals surface area contributed by atoms with Crippen LogP contribution >= 0.6 is 0 Å². The van der Waals surface area contributed by atoms with Crippen LogP contribution in [-0.2, 0) is 21.9 Å². The van der Waals surface area contributed by atoms with Gasteiger partial charge in [0, 0.05) is 7.05 Å². The molecule has 0 radical (unpaired) electrons. The largest absolute Gasteiger partial charge is 0.343 e. The van der Waals surface area contributed by atoms with Gasteiger partial charge in [-0.1, -0.05) is 18.2 Å². The van der Waals surface area contributed by atoms with E-state index in [1.165, 1.54) is 20.0 Å². The molecule has 9 heteroatoms. The Labute approximate surface area is 145 Å². The lowest BCUT2D eigenvalue weighted by molar-refractivity contribution is -0.115. The Morgan fingerprint density at radius 1 is 1.40 bits per heavy atom. The van der Waals surface area contributed by atoms with Gasteiger partial charge in [0.25, 0.3) is 10.0 Å². The second-order valence-electron chi connectivity index (χ2n) is 5.24. The summed E-state index contributed by atoms with van der Waals surface area (Å²) in [5, 5.41) is 0. The van der Waals surface area contributed by atoms with E-state index in [1.807, 2.05) is 0 Å². The molecule has 1 aromatic rings. The van der Waals surface area contributed by atoms with Crippen LogP contribution in [0.15, 0.2) is 51.3 Å². The summed E-state index contributed by atoms with van der Waals surface area (Å²) in [5.41, 5.74) is -0.792. The van der Waals surface area contributed by atoms with Crippen LogP contribution in [-0.4, -0.2) is 29.3 Å². The summed E-state index contributed by atoms with van der Waals surface area (Å²) >= 11 is 0. The number of allylic oxidation sites excluding steroid dienone is 4. The lowest BCUT2D eigenvalue weighted by Gasteiger charge is -2.11. The van der Waals surface area contributed by atoms with Gasteiger partial charge in [-0.2, -0.15) is 3.97 Å². The number of carbonyl (C=O) groups excluding carboxylic acids is 1. The van der Waals surface area contributed by atoms with Crippen LogP contribution in [0.3, 0.4) is 0 Å². The van der Waals surface area contributed by atoms with Gasteiger partial charge < -0.3 is 0 Å². The van der Waals surface area contributed by atoms with Crippen molar-refractivity contribution in [3.63, 3.8) is 0 Å². The van der Waals surface area contributed by atoms with E-state index in [4.69, 9.17) is 0 Å². The lowest BCUT2D eigenvalue weighted by atomic mass is 10.2. The predicted octanol–water partition coefficient (Wildman–Crippen LogP) is 1.03. The minimum atomic E-state index is -4.34. The summed E-state index contributed by atoms with van der Waals surface area (Å²) < 4.78 is 40.6. The van der Waals surface area contributed by atoms with E-state index in [0.717, 1.165) is 10.6 Å². The first kappa shape index (κ1) is 20.5. The monoisotopic (exact) mass is 369 g/mol. The Morgan fingerprint density at radius 2 is 2.00 bits per heavy atom. The second-order valence-corrected chi connectivity index (χ2v) is 7.06. The van der Waals surface area contributed by atoms with Gasteiger partial charge in [-0.15, -0.1) is 0 Å². The third-order valence-electron chi connectivity index (χ3n) is 3.27. The maximum atomic E-state index is 14.3. The molecule has 0 aliphatic carbocycles. The van der Waals surface area contributed by atoms with Crippen molar-refractivity contribution < 1.29 is 17.6 Å². The summed E-state index contributed by atoms with van der Waals surface area (Å²) in [7, 11) is -3.17. The zero-order valence-electron chi connectivity index (χ0n) is 14.5. The molecular weight excluding hydrogens is 349 g/mol. The van der Waals surface area contributed by atoms with Crippen molar-refractivity contribution in [1.82, 2.24) is 8.54 Å². The molecule has 7 nitrogen and oxygen atoms in total. The molecule has 0 aliphatic rings. The number of ketones is 1. The Bertz CT molecular complexity index is 995. The first-order valence-electron chi connectivity index (χ1n) is 7.27. The summed E-state index contributed by atoms with van der Waals surface area (Å²) in [6, 6.07) is 0. The number of aromatic nitrogens is 2. The highest BCUT2D eigenvalue weighted by Gasteiger charge is 2.22. The Kier molecular flexibility index (Phi) is 6.57. The summed E-state index contributed by atoms with van der Waals surface area (Å²) in [6.07, 6.45) is 4.60. The Morgan fingerprint density at radius 3 is 2.48 bits per heavy atom. The van der Waals surface area contributed by atoms with Crippen LogP contribution in [0, 0.1) is 5.82 Å². The predicted molar refractivity (Wildman–Crippen MR) is 92.8 cm³/mol. The third kappa shape index (κ3) is 4.50. The third-order valence-corrected chi connectivity index (χ3v) is 4.93. The van der Waals surface area contributed by atoms with Gasteiger partial charge in [0.05, 0.1) is 17.6 Å². The van der Waals surface area contributed by atoms with Crippen LogP contribution in [0.4, 0.5) is 4.39 Å². The molecule has 136 valence electrons. The number of hydrogen-bond donors (Lipinski definition) is 0. The minimum Gasteiger partial charge on any atom is -0.298 e. The van der Waals surface area contributed by atoms with E-state index < -0.39 is 27.0 Å². The number of halogens is 1. The molecule has 0 saturated carbocycles. The SMILES string of the molecule is C=C/C(=C\C(C)=C/C)S(=O)(=O)n1cc(F)c(=NCC(C)=O)n(C)c1=O. The highest BCUT2D eigenvalue weighted by atomic mass is 32.2. The van der Waals surface area contributed by atoms with Gasteiger partial charge >= 0.3 is 5.69 Å². The van der Waals surface area contributed by atoms with E-state index in [1.54, 1.807) is 19.9 Å². The van der Waals surface area contributed by atoms with Crippen molar-refractivity contribution in [2.24, 2.45) is 12.0 Å². The molecule has 0 aliphatic heterocycles. The quantitative estimate of drug-likeness (QED) is 0.701. The van der Waals surface area contributed by atoms with Crippen LogP contribution in [0.25, 0.3) is 0 Å². The molecule has 0 aromatic carbocycles. The van der Waals surface area contributed by atoms with Gasteiger partial charge in [-0.3, -0.25) is 14.4 Å². The maximum Gasteiger partial charge on any atom is 0.343 e. The van der Waals surface area contributed by atoms with Gasteiger partial charge in [-0.05, 0) is 32.9 Å². The first-order chi connectivity index (χ1) is 11.6. The molecule has 0 spiro atoms. The van der Waals surface area contributed by atoms with Crippen molar-refractivity contribution in [1.29, 1.82) is 0 Å². The van der Waals surface area contributed by atoms with Crippen molar-refractivity contribution >= 4 is 15.8 Å². The molecular formula is C16H20FN3O4S. The van der Waals surface area contributed by atoms with Gasteiger partial charge in [0.2, 0.25) is 0 Å². The second kappa shape index (κ2) is 8.02. The Balaban J connectivity index is 3.73. The smallest absolute Gasteiger partial charge is 0.298 e. The van der Waals surface area contributed by atoms with Crippen molar-refractivity contribution in [2.45, 2.75) is 20.8 Å². The van der Waals surface area contributed by atoms with Crippen molar-refractivity contribution in [2.75, 3.05) is 6.54 Å². The fraction of sp³-hybridized carbons (Fsp3) is 0.312. The molecule has 1 aromatic heterocycles. The first-order valence-corrected chi connectivity index (χ1v) is 8.71. The summed E-state index contributed by atoms with van der Waals surface area (Å²) in [4.78, 5) is 26.8. The average Bonchev–Trinajstić information content (AvgIpc) is 2.54. The molecule has 0 atom stereocenters. The number of carbonyl (C=O) groups is 1. The van der Waals surface area contributed by atoms with Crippen molar-refractivity contribution in [3.8, 4) is 0 Å². The minimum absolute atomic E-state index is 0.252. The molecule has 0 saturated heterocycles. The van der Waals surface area contributed by atoms with E-state index in [9.17, 15) is 22.4 Å². The van der Waals surface area contributed by atoms with Gasteiger partial charge in [-0.25, -0.2) is 17.6 Å². The standard InChI is InChI=1S/C16H20FN3O4S/c1-6-11(3)8-13(7-2)25(23,24)20-10-14(17)15(18-9-12(4)21)19(5)16(20)22/h6-8,10H,2,9H2,1,3-5H3/b11-6-,13-8+,18-15?. The molecule has 1 rings (SSSR count). The fourth-order valence-corrected chi connectivity index (χ4v) is 3.15. The molecule has 0 fully saturated rings. The summed E-state index contributed by atoms with van der Waals surface area (Å²) in [5.74, 6) is -1.37. The maximum absolute atomic E-state index is 14.3. The molecule has 25 heavy (non-hydrogen) atoms. The van der Waals surface area contributed by atoms with E-state index in [-0.39, 0.29) is 21.2 Å². The highest BCUT2D eigenvalue weighted by molar-refractivity contribution is 7.94. The number of Topliss-reactive ketones (excluding diaryl/α,β-unsaturated/α-hetero) is 1. The number of nitrogens with zero attached hydrogens (tertiary/aromatic N) is 3. The Hall–Kier alpha value is -2.55. The topological polar surface area (TPSA) is 90.5 Å². The molecule has 0 N–H and O–H groups in total. The number of hydrogen-bond acceptors (Lipinski definition) is 5. The van der Waals surface area contributed by atoms with Crippen LogP contribution in [0.5, 0.6) is 0 Å². The summed E-state index contributed by atoms with van der Waals surface area (Å²) in [6.45, 7) is 7.77. The molecule has 0 unspecified atom stereocenters. The van der Waals surface area contributed by atoms with E-state index >= 15 is 0 Å². The van der Waals surface area contributed by atoms with E-state index in [0.29, 0.717) is 11.8 Å². The highest BCUT2D eigenvalue weighted by Crippen LogP contribution is 2.13. The van der Waals surface area contributed by atoms with E-state index in [2.05, 4.69) is 11.6 Å². The van der Waals surface area contributed by atoms with Crippen LogP contribution in [0.2, 0.25) is 0 Å². The molecule has 1 heterocycles. The zero-order chi connectivity index (χ0) is 19.4. The van der Waals surface area contributed by atoms with Gasteiger partial charge in [0.15, 0.2) is 17.1 Å². The lowest BCUT2D eigenvalue weighted by Crippen LogP contribution is -2.42. The van der Waals surface area contributed by atoms with Crippen molar-refractivity contribution in [3.05, 3.63) is 63.3 Å². The van der Waals surface area contributed by atoms with Gasteiger partial charge in [0.1, 0.15) is 0 Å². The molecule has 0 amide bonds. The van der Waals surface area contributed by atoms with Crippen LogP contribution in [0.1, 0.15) is 20.8 Å². The average molecular weight is 369 g/mol. The number of rotatable bonds is 6. The normalized spacial score (nSPS) is 13.9. The zero-order valence-corrected chi connectivity index (χ0v) is 15.3. The molecule has 0 bridgehead atoms.